The van der Waals surface area contributed by atoms with Crippen LogP contribution in [0.4, 0.5) is 0 Å². The SMILES string of the molecule is CNC(COC(C)C)Cc1cccc2ccc(OC)cc12. The average Bonchev–Trinajstić information content (AvgIpc) is 2.50. The highest BCUT2D eigenvalue weighted by molar-refractivity contribution is 5.87. The van der Waals surface area contributed by atoms with Gasteiger partial charge in [-0.1, -0.05) is 24.3 Å². The predicted molar refractivity (Wildman–Crippen MR) is 88.1 cm³/mol. The zero-order chi connectivity index (χ0) is 15.2. The van der Waals surface area contributed by atoms with Crippen LogP contribution in [-0.2, 0) is 11.2 Å². The van der Waals surface area contributed by atoms with Gasteiger partial charge in [0, 0.05) is 6.04 Å². The highest BCUT2D eigenvalue weighted by atomic mass is 16.5. The number of benzene rings is 2. The molecule has 3 heteroatoms. The van der Waals surface area contributed by atoms with Crippen LogP contribution in [0.2, 0.25) is 0 Å². The molecule has 21 heavy (non-hydrogen) atoms. The van der Waals surface area contributed by atoms with Crippen molar-refractivity contribution >= 4 is 10.8 Å². The van der Waals surface area contributed by atoms with Crippen molar-refractivity contribution in [3.63, 3.8) is 0 Å². The Labute approximate surface area is 127 Å². The molecule has 1 atom stereocenters. The first-order valence-corrected chi connectivity index (χ1v) is 7.48. The second-order valence-electron chi connectivity index (χ2n) is 5.58. The lowest BCUT2D eigenvalue weighted by atomic mass is 9.99. The van der Waals surface area contributed by atoms with Gasteiger partial charge in [-0.3, -0.25) is 0 Å². The number of hydrogen-bond donors (Lipinski definition) is 1. The number of hydrogen-bond acceptors (Lipinski definition) is 3. The highest BCUT2D eigenvalue weighted by Gasteiger charge is 2.11. The topological polar surface area (TPSA) is 30.5 Å². The van der Waals surface area contributed by atoms with Gasteiger partial charge in [0.05, 0.1) is 19.8 Å². The van der Waals surface area contributed by atoms with Crippen LogP contribution in [0.1, 0.15) is 19.4 Å². The summed E-state index contributed by atoms with van der Waals surface area (Å²) in [4.78, 5) is 0. The van der Waals surface area contributed by atoms with E-state index >= 15 is 0 Å². The van der Waals surface area contributed by atoms with E-state index in [0.717, 1.165) is 12.2 Å². The van der Waals surface area contributed by atoms with E-state index in [4.69, 9.17) is 9.47 Å². The van der Waals surface area contributed by atoms with Gasteiger partial charge in [0.2, 0.25) is 0 Å². The summed E-state index contributed by atoms with van der Waals surface area (Å²) in [7, 11) is 3.69. The molecule has 0 bridgehead atoms. The van der Waals surface area contributed by atoms with Gasteiger partial charge in [0.25, 0.3) is 0 Å². The van der Waals surface area contributed by atoms with Gasteiger partial charge in [-0.15, -0.1) is 0 Å². The van der Waals surface area contributed by atoms with Crippen LogP contribution in [-0.4, -0.2) is 32.9 Å². The Bertz CT molecular complexity index is 580. The molecule has 0 spiro atoms. The van der Waals surface area contributed by atoms with Crippen molar-refractivity contribution in [2.24, 2.45) is 0 Å². The zero-order valence-electron chi connectivity index (χ0n) is 13.3. The van der Waals surface area contributed by atoms with Crippen molar-refractivity contribution in [2.45, 2.75) is 32.4 Å². The van der Waals surface area contributed by atoms with Gasteiger partial charge in [-0.25, -0.2) is 0 Å². The first-order valence-electron chi connectivity index (χ1n) is 7.48. The number of fused-ring (bicyclic) bond motifs is 1. The minimum absolute atomic E-state index is 0.258. The van der Waals surface area contributed by atoms with E-state index in [1.54, 1.807) is 7.11 Å². The second-order valence-corrected chi connectivity index (χ2v) is 5.58. The Balaban J connectivity index is 2.23. The maximum atomic E-state index is 5.74. The van der Waals surface area contributed by atoms with Crippen LogP contribution in [0.5, 0.6) is 5.75 Å². The molecule has 0 aliphatic carbocycles. The Hall–Kier alpha value is -1.58. The average molecular weight is 287 g/mol. The minimum Gasteiger partial charge on any atom is -0.497 e. The molecular formula is C18H25NO2. The normalized spacial score (nSPS) is 12.8. The van der Waals surface area contributed by atoms with Crippen LogP contribution in [0.25, 0.3) is 10.8 Å². The number of ether oxygens (including phenoxy) is 2. The Kier molecular flexibility index (Phi) is 5.59. The molecule has 0 saturated carbocycles. The van der Waals surface area contributed by atoms with E-state index in [-0.39, 0.29) is 6.10 Å². The molecule has 0 aliphatic heterocycles. The summed E-state index contributed by atoms with van der Waals surface area (Å²) in [6, 6.07) is 13.0. The molecule has 2 rings (SSSR count). The monoisotopic (exact) mass is 287 g/mol. The fourth-order valence-electron chi connectivity index (χ4n) is 2.44. The summed E-state index contributed by atoms with van der Waals surface area (Å²) in [6.45, 7) is 4.85. The van der Waals surface area contributed by atoms with Gasteiger partial charge >= 0.3 is 0 Å². The fourth-order valence-corrected chi connectivity index (χ4v) is 2.44. The Morgan fingerprint density at radius 1 is 1.14 bits per heavy atom. The maximum Gasteiger partial charge on any atom is 0.119 e. The molecule has 2 aromatic carbocycles. The predicted octanol–water partition coefficient (Wildman–Crippen LogP) is 3.40. The third-order valence-electron chi connectivity index (χ3n) is 3.68. The number of rotatable bonds is 7. The summed E-state index contributed by atoms with van der Waals surface area (Å²) < 4.78 is 11.1. The molecule has 114 valence electrons. The minimum atomic E-state index is 0.258. The molecule has 0 fully saturated rings. The summed E-state index contributed by atoms with van der Waals surface area (Å²) in [5, 5.41) is 5.84. The maximum absolute atomic E-state index is 5.74. The van der Waals surface area contributed by atoms with Crippen LogP contribution in [0.15, 0.2) is 36.4 Å². The molecule has 2 aromatic rings. The smallest absolute Gasteiger partial charge is 0.119 e. The second kappa shape index (κ2) is 7.43. The van der Waals surface area contributed by atoms with E-state index in [9.17, 15) is 0 Å². The van der Waals surface area contributed by atoms with Crippen LogP contribution in [0, 0.1) is 0 Å². The lowest BCUT2D eigenvalue weighted by Gasteiger charge is -2.19. The first-order chi connectivity index (χ1) is 10.1. The zero-order valence-corrected chi connectivity index (χ0v) is 13.3. The summed E-state index contributed by atoms with van der Waals surface area (Å²) in [5.74, 6) is 0.898. The van der Waals surface area contributed by atoms with Crippen LogP contribution < -0.4 is 10.1 Å². The molecule has 0 radical (unpaired) electrons. The molecule has 0 saturated heterocycles. The van der Waals surface area contributed by atoms with E-state index in [1.807, 2.05) is 13.1 Å². The molecule has 0 amide bonds. The first kappa shape index (κ1) is 15.8. The molecular weight excluding hydrogens is 262 g/mol. The van der Waals surface area contributed by atoms with Crippen molar-refractivity contribution in [3.8, 4) is 5.75 Å². The van der Waals surface area contributed by atoms with Crippen molar-refractivity contribution in [3.05, 3.63) is 42.0 Å². The third kappa shape index (κ3) is 4.19. The number of likely N-dealkylation sites (N-methyl/N-ethyl adjacent to an activating group) is 1. The van der Waals surface area contributed by atoms with Gasteiger partial charge in [-0.05, 0) is 55.8 Å². The molecule has 1 unspecified atom stereocenters. The van der Waals surface area contributed by atoms with Gasteiger partial charge in [0.1, 0.15) is 5.75 Å². The largest absolute Gasteiger partial charge is 0.497 e. The third-order valence-corrected chi connectivity index (χ3v) is 3.68. The number of methoxy groups -OCH3 is 1. The fraction of sp³-hybridized carbons (Fsp3) is 0.444. The van der Waals surface area contributed by atoms with Gasteiger partial charge in [0.15, 0.2) is 0 Å². The quantitative estimate of drug-likeness (QED) is 0.846. The Morgan fingerprint density at radius 2 is 1.95 bits per heavy atom. The van der Waals surface area contributed by atoms with Crippen molar-refractivity contribution in [1.29, 1.82) is 0 Å². The van der Waals surface area contributed by atoms with Gasteiger partial charge in [-0.2, -0.15) is 0 Å². The molecule has 0 aromatic heterocycles. The molecule has 3 nitrogen and oxygen atoms in total. The molecule has 1 N–H and O–H groups in total. The summed E-state index contributed by atoms with van der Waals surface area (Å²) in [6.07, 6.45) is 1.20. The summed E-state index contributed by atoms with van der Waals surface area (Å²) >= 11 is 0. The van der Waals surface area contributed by atoms with E-state index in [0.29, 0.717) is 12.6 Å². The molecule has 0 aliphatic rings. The van der Waals surface area contributed by atoms with Crippen molar-refractivity contribution < 1.29 is 9.47 Å². The molecule has 0 heterocycles. The lowest BCUT2D eigenvalue weighted by molar-refractivity contribution is 0.0628. The van der Waals surface area contributed by atoms with Crippen molar-refractivity contribution in [2.75, 3.05) is 20.8 Å². The van der Waals surface area contributed by atoms with Crippen LogP contribution >= 0.6 is 0 Å². The lowest BCUT2D eigenvalue weighted by Crippen LogP contribution is -2.33. The van der Waals surface area contributed by atoms with Crippen molar-refractivity contribution in [1.82, 2.24) is 5.32 Å². The standard InChI is InChI=1S/C18H25NO2/c1-13(2)21-12-16(19-3)10-15-7-5-6-14-8-9-17(20-4)11-18(14)15/h5-9,11,13,16,19H,10,12H2,1-4H3. The van der Waals surface area contributed by atoms with Gasteiger partial charge < -0.3 is 14.8 Å². The van der Waals surface area contributed by atoms with Crippen LogP contribution in [0.3, 0.4) is 0 Å². The highest BCUT2D eigenvalue weighted by Crippen LogP contribution is 2.25. The van der Waals surface area contributed by atoms with E-state index in [2.05, 4.69) is 49.5 Å². The van der Waals surface area contributed by atoms with E-state index < -0.39 is 0 Å². The number of nitrogens with one attached hydrogen (secondary N) is 1. The Morgan fingerprint density at radius 3 is 2.62 bits per heavy atom. The summed E-state index contributed by atoms with van der Waals surface area (Å²) in [5.41, 5.74) is 1.32. The van der Waals surface area contributed by atoms with E-state index in [1.165, 1.54) is 16.3 Å².